The number of hydrogen-bond donors (Lipinski definition) is 1. The number of halogens is 2. The molecule has 2 heterocycles. The Morgan fingerprint density at radius 2 is 2.03 bits per heavy atom. The van der Waals surface area contributed by atoms with E-state index in [9.17, 15) is 9.59 Å². The van der Waals surface area contributed by atoms with E-state index < -0.39 is 0 Å². The zero-order valence-electron chi connectivity index (χ0n) is 18.2. The minimum absolute atomic E-state index is 0.00489. The highest BCUT2D eigenvalue weighted by atomic mass is 79.9. The maximum absolute atomic E-state index is 12.8. The van der Waals surface area contributed by atoms with Gasteiger partial charge in [0.15, 0.2) is 0 Å². The topological polar surface area (TPSA) is 70.5 Å². The van der Waals surface area contributed by atoms with Crippen molar-refractivity contribution in [3.05, 3.63) is 68.1 Å². The number of hydrogen-bond acceptors (Lipinski definition) is 4. The van der Waals surface area contributed by atoms with Crippen LogP contribution in [0.2, 0.25) is 5.02 Å². The average molecular weight is 519 g/mol. The van der Waals surface area contributed by atoms with Gasteiger partial charge in [-0.15, -0.1) is 0 Å². The zero-order chi connectivity index (χ0) is 23.0. The van der Waals surface area contributed by atoms with Crippen LogP contribution >= 0.6 is 27.5 Å². The highest BCUT2D eigenvalue weighted by Crippen LogP contribution is 2.24. The van der Waals surface area contributed by atoms with Crippen molar-refractivity contribution in [3.63, 3.8) is 0 Å². The second-order valence-electron chi connectivity index (χ2n) is 8.15. The predicted molar refractivity (Wildman–Crippen MR) is 131 cm³/mol. The summed E-state index contributed by atoms with van der Waals surface area (Å²) in [4.78, 5) is 34.5. The number of aromatic nitrogens is 2. The number of carbonyl (C=O) groups excluding carboxylic acids is 1. The molecule has 2 atom stereocenters. The van der Waals surface area contributed by atoms with Crippen LogP contribution in [-0.4, -0.2) is 51.1 Å². The Bertz CT molecular complexity index is 1230. The fraction of sp³-hybridized carbons (Fsp3) is 0.348. The van der Waals surface area contributed by atoms with E-state index in [0.717, 1.165) is 10.2 Å². The molecule has 0 saturated carbocycles. The summed E-state index contributed by atoms with van der Waals surface area (Å²) in [6, 6.07) is 12.5. The van der Waals surface area contributed by atoms with E-state index in [2.05, 4.69) is 26.1 Å². The highest BCUT2D eigenvalue weighted by molar-refractivity contribution is 9.10. The van der Waals surface area contributed by atoms with E-state index in [1.807, 2.05) is 43.0 Å². The molecule has 1 fully saturated rings. The lowest BCUT2D eigenvalue weighted by Crippen LogP contribution is -2.55. The van der Waals surface area contributed by atoms with Gasteiger partial charge in [-0.05, 0) is 50.2 Å². The summed E-state index contributed by atoms with van der Waals surface area (Å²) in [7, 11) is 1.75. The molecule has 1 aliphatic rings. The quantitative estimate of drug-likeness (QED) is 0.548. The number of nitrogens with zero attached hydrogens (tertiary/aromatic N) is 4. The molecule has 1 saturated heterocycles. The molecule has 2 unspecified atom stereocenters. The lowest BCUT2D eigenvalue weighted by atomic mass is 10.1. The van der Waals surface area contributed by atoms with Crippen molar-refractivity contribution in [1.82, 2.24) is 19.4 Å². The monoisotopic (exact) mass is 517 g/mol. The van der Waals surface area contributed by atoms with Crippen LogP contribution in [0.25, 0.3) is 10.9 Å². The van der Waals surface area contributed by atoms with Crippen molar-refractivity contribution < 1.29 is 4.79 Å². The molecule has 4 rings (SSSR count). The molecule has 2 aromatic carbocycles. The van der Waals surface area contributed by atoms with Crippen LogP contribution in [0.5, 0.6) is 0 Å². The fourth-order valence-electron chi connectivity index (χ4n) is 4.20. The van der Waals surface area contributed by atoms with Gasteiger partial charge in [-0.3, -0.25) is 14.3 Å². The largest absolute Gasteiger partial charge is 0.322 e. The van der Waals surface area contributed by atoms with Crippen LogP contribution in [0.1, 0.15) is 25.7 Å². The number of benzene rings is 2. The van der Waals surface area contributed by atoms with E-state index >= 15 is 0 Å². The summed E-state index contributed by atoms with van der Waals surface area (Å²) in [5, 5.41) is 4.07. The number of anilines is 1. The number of fused-ring (bicyclic) bond motifs is 1. The molecular formula is C23H25BrClN5O2. The number of amides is 2. The smallest absolute Gasteiger partial charge is 0.319 e. The normalized spacial score (nSPS) is 18.0. The molecule has 2 amide bonds. The van der Waals surface area contributed by atoms with Gasteiger partial charge in [-0.2, -0.15) is 0 Å². The molecular weight excluding hydrogens is 494 g/mol. The first kappa shape index (κ1) is 22.8. The van der Waals surface area contributed by atoms with Gasteiger partial charge in [0.25, 0.3) is 5.56 Å². The molecule has 168 valence electrons. The maximum Gasteiger partial charge on any atom is 0.322 e. The van der Waals surface area contributed by atoms with Crippen molar-refractivity contribution in [2.24, 2.45) is 7.05 Å². The fourth-order valence-corrected chi connectivity index (χ4v) is 4.76. The standard InChI is InChI=1S/C23H25BrClN5O2/c1-14-13-29(9-10-30(14)23(32)26-18-6-4-5-16(24)11-18)15(2)21-27-20-12-17(25)7-8-19(20)22(31)28(21)3/h4-8,11-12,14-15H,9-10,13H2,1-3H3,(H,26,32). The number of carbonyl (C=O) groups is 1. The first-order valence-electron chi connectivity index (χ1n) is 10.5. The van der Waals surface area contributed by atoms with Crippen molar-refractivity contribution in [1.29, 1.82) is 0 Å². The number of nitrogens with one attached hydrogen (secondary N) is 1. The van der Waals surface area contributed by atoms with Gasteiger partial charge >= 0.3 is 6.03 Å². The lowest BCUT2D eigenvalue weighted by molar-refractivity contribution is 0.0796. The van der Waals surface area contributed by atoms with Crippen molar-refractivity contribution in [2.75, 3.05) is 25.0 Å². The van der Waals surface area contributed by atoms with Gasteiger partial charge in [0.2, 0.25) is 0 Å². The summed E-state index contributed by atoms with van der Waals surface area (Å²) in [6.07, 6.45) is 0. The minimum Gasteiger partial charge on any atom is -0.319 e. The third-order valence-electron chi connectivity index (χ3n) is 5.99. The molecule has 0 radical (unpaired) electrons. The minimum atomic E-state index is -0.117. The molecule has 1 aromatic heterocycles. The predicted octanol–water partition coefficient (Wildman–Crippen LogP) is 4.65. The van der Waals surface area contributed by atoms with Gasteiger partial charge in [0, 0.05) is 47.9 Å². The number of rotatable bonds is 3. The molecule has 0 spiro atoms. The SMILES string of the molecule is CC(c1nc2cc(Cl)ccc2c(=O)n1C)N1CCN(C(=O)Nc2cccc(Br)c2)C(C)C1. The first-order chi connectivity index (χ1) is 15.2. The van der Waals surface area contributed by atoms with Crippen LogP contribution in [0.3, 0.4) is 0 Å². The van der Waals surface area contributed by atoms with Gasteiger partial charge in [0.05, 0.1) is 16.9 Å². The van der Waals surface area contributed by atoms with Crippen molar-refractivity contribution in [2.45, 2.75) is 25.9 Å². The zero-order valence-corrected chi connectivity index (χ0v) is 20.5. The molecule has 1 N–H and O–H groups in total. The molecule has 1 aliphatic heterocycles. The van der Waals surface area contributed by atoms with E-state index in [4.69, 9.17) is 16.6 Å². The molecule has 7 nitrogen and oxygen atoms in total. The Kier molecular flexibility index (Phi) is 6.55. The Morgan fingerprint density at radius 3 is 2.75 bits per heavy atom. The van der Waals surface area contributed by atoms with Crippen molar-refractivity contribution >= 4 is 50.2 Å². The van der Waals surface area contributed by atoms with Crippen LogP contribution in [0.15, 0.2) is 51.7 Å². The van der Waals surface area contributed by atoms with Crippen LogP contribution in [0, 0.1) is 0 Å². The molecule has 0 bridgehead atoms. The third kappa shape index (κ3) is 4.53. The summed E-state index contributed by atoms with van der Waals surface area (Å²) in [5.74, 6) is 0.684. The molecule has 9 heteroatoms. The van der Waals surface area contributed by atoms with Crippen molar-refractivity contribution in [3.8, 4) is 0 Å². The number of urea groups is 1. The summed E-state index contributed by atoms with van der Waals surface area (Å²) in [6.45, 7) is 6.02. The van der Waals surface area contributed by atoms with E-state index in [1.165, 1.54) is 0 Å². The van der Waals surface area contributed by atoms with Crippen LogP contribution < -0.4 is 10.9 Å². The second-order valence-corrected chi connectivity index (χ2v) is 9.50. The average Bonchev–Trinajstić information content (AvgIpc) is 2.75. The molecule has 32 heavy (non-hydrogen) atoms. The van der Waals surface area contributed by atoms with E-state index in [-0.39, 0.29) is 23.7 Å². The Balaban J connectivity index is 1.50. The Morgan fingerprint density at radius 1 is 1.25 bits per heavy atom. The van der Waals surface area contributed by atoms with E-state index in [1.54, 1.807) is 29.8 Å². The van der Waals surface area contributed by atoms with Gasteiger partial charge in [0.1, 0.15) is 5.82 Å². The van der Waals surface area contributed by atoms with Gasteiger partial charge in [-0.25, -0.2) is 9.78 Å². The third-order valence-corrected chi connectivity index (χ3v) is 6.72. The summed E-state index contributed by atoms with van der Waals surface area (Å²) >= 11 is 9.54. The lowest BCUT2D eigenvalue weighted by Gasteiger charge is -2.42. The highest BCUT2D eigenvalue weighted by Gasteiger charge is 2.31. The Labute approximate surface area is 200 Å². The van der Waals surface area contributed by atoms with Crippen LogP contribution in [-0.2, 0) is 7.05 Å². The Hall–Kier alpha value is -2.42. The molecule has 3 aromatic rings. The van der Waals surface area contributed by atoms with Gasteiger partial charge in [-0.1, -0.05) is 33.6 Å². The molecule has 0 aliphatic carbocycles. The first-order valence-corrected chi connectivity index (χ1v) is 11.6. The maximum atomic E-state index is 12.8. The number of piperazine rings is 1. The van der Waals surface area contributed by atoms with Gasteiger partial charge < -0.3 is 10.2 Å². The summed E-state index contributed by atoms with van der Waals surface area (Å²) in [5.41, 5.74) is 1.26. The van der Waals surface area contributed by atoms with E-state index in [0.29, 0.717) is 41.4 Å². The summed E-state index contributed by atoms with van der Waals surface area (Å²) < 4.78 is 2.52. The van der Waals surface area contributed by atoms with Crippen LogP contribution in [0.4, 0.5) is 10.5 Å². The second kappa shape index (κ2) is 9.21.